The van der Waals surface area contributed by atoms with Crippen molar-refractivity contribution in [2.45, 2.75) is 30.8 Å². The Morgan fingerprint density at radius 3 is 2.29 bits per heavy atom. The van der Waals surface area contributed by atoms with Gasteiger partial charge in [-0.2, -0.15) is 17.5 Å². The lowest BCUT2D eigenvalue weighted by molar-refractivity contribution is -0.137. The second-order valence-corrected chi connectivity index (χ2v) is 9.58. The third kappa shape index (κ3) is 5.05. The molecule has 2 aromatic rings. The van der Waals surface area contributed by atoms with Crippen molar-refractivity contribution in [2.24, 2.45) is 5.92 Å². The van der Waals surface area contributed by atoms with Gasteiger partial charge < -0.3 is 4.90 Å². The summed E-state index contributed by atoms with van der Waals surface area (Å²) in [5.41, 5.74) is -0.423. The molecule has 3 rings (SSSR count). The van der Waals surface area contributed by atoms with Crippen LogP contribution in [0.25, 0.3) is 0 Å². The van der Waals surface area contributed by atoms with Crippen molar-refractivity contribution in [3.63, 3.8) is 0 Å². The Morgan fingerprint density at radius 2 is 1.74 bits per heavy atom. The van der Waals surface area contributed by atoms with Crippen molar-refractivity contribution in [3.8, 4) is 0 Å². The van der Waals surface area contributed by atoms with Crippen LogP contribution in [0.5, 0.6) is 0 Å². The Bertz CT molecular complexity index is 1040. The van der Waals surface area contributed by atoms with Gasteiger partial charge in [-0.15, -0.1) is 0 Å². The summed E-state index contributed by atoms with van der Waals surface area (Å²) in [6.07, 6.45) is -4.18. The maximum Gasteiger partial charge on any atom is 0.417 e. The van der Waals surface area contributed by atoms with E-state index in [0.29, 0.717) is 25.5 Å². The molecule has 5 nitrogen and oxygen atoms in total. The number of para-hydroxylation sites is 1. The van der Waals surface area contributed by atoms with Crippen molar-refractivity contribution in [1.82, 2.24) is 4.31 Å². The van der Waals surface area contributed by atoms with Crippen molar-refractivity contribution in [1.29, 1.82) is 0 Å². The van der Waals surface area contributed by atoms with Gasteiger partial charge in [0.1, 0.15) is 0 Å². The molecule has 0 radical (unpaired) electrons. The van der Waals surface area contributed by atoms with Gasteiger partial charge in [0.05, 0.1) is 15.5 Å². The van der Waals surface area contributed by atoms with Crippen LogP contribution >= 0.6 is 11.6 Å². The fourth-order valence-electron chi connectivity index (χ4n) is 3.67. The molecule has 1 aliphatic heterocycles. The van der Waals surface area contributed by atoms with Gasteiger partial charge >= 0.3 is 6.18 Å². The number of anilines is 1. The minimum atomic E-state index is -4.76. The average Bonchev–Trinajstić information content (AvgIpc) is 2.74. The molecular weight excluding hydrogens is 453 g/mol. The maximum absolute atomic E-state index is 13.1. The topological polar surface area (TPSA) is 57.7 Å². The minimum Gasteiger partial charge on any atom is -0.312 e. The van der Waals surface area contributed by atoms with Gasteiger partial charge in [-0.05, 0) is 50.1 Å². The fraction of sp³-hybridized carbons (Fsp3) is 0.381. The molecule has 1 aliphatic rings. The van der Waals surface area contributed by atoms with Crippen LogP contribution in [0.4, 0.5) is 18.9 Å². The summed E-state index contributed by atoms with van der Waals surface area (Å²) < 4.78 is 66.2. The summed E-state index contributed by atoms with van der Waals surface area (Å²) >= 11 is 5.59. The van der Waals surface area contributed by atoms with Crippen LogP contribution < -0.4 is 4.90 Å². The zero-order valence-corrected chi connectivity index (χ0v) is 18.3. The molecule has 31 heavy (non-hydrogen) atoms. The van der Waals surface area contributed by atoms with Crippen LogP contribution in [-0.2, 0) is 21.0 Å². The Kier molecular flexibility index (Phi) is 6.98. The first-order valence-electron chi connectivity index (χ1n) is 9.79. The first-order valence-corrected chi connectivity index (χ1v) is 11.6. The van der Waals surface area contributed by atoms with Gasteiger partial charge in [0.25, 0.3) is 0 Å². The number of piperidine rings is 1. The Morgan fingerprint density at radius 1 is 1.13 bits per heavy atom. The second-order valence-electron chi connectivity index (χ2n) is 7.24. The molecular formula is C21H22ClF3N2O3S. The molecule has 0 bridgehead atoms. The molecule has 168 valence electrons. The lowest BCUT2D eigenvalue weighted by atomic mass is 9.96. The number of hydrogen-bond acceptors (Lipinski definition) is 3. The third-order valence-corrected chi connectivity index (χ3v) is 7.56. The highest BCUT2D eigenvalue weighted by Crippen LogP contribution is 2.37. The summed E-state index contributed by atoms with van der Waals surface area (Å²) in [5.74, 6) is -0.445. The molecule has 0 N–H and O–H groups in total. The molecule has 0 aliphatic carbocycles. The molecule has 0 aromatic heterocycles. The molecule has 10 heteroatoms. The molecule has 1 saturated heterocycles. The highest BCUT2D eigenvalue weighted by Gasteiger charge is 2.37. The van der Waals surface area contributed by atoms with Crippen LogP contribution in [-0.4, -0.2) is 38.3 Å². The third-order valence-electron chi connectivity index (χ3n) is 5.33. The molecule has 0 spiro atoms. The number of benzene rings is 2. The fourth-order valence-corrected chi connectivity index (χ4v) is 5.39. The van der Waals surface area contributed by atoms with E-state index in [0.717, 1.165) is 22.1 Å². The van der Waals surface area contributed by atoms with Gasteiger partial charge in [0, 0.05) is 31.2 Å². The highest BCUT2D eigenvalue weighted by molar-refractivity contribution is 7.89. The Hall–Kier alpha value is -2.10. The number of rotatable bonds is 5. The van der Waals surface area contributed by atoms with E-state index >= 15 is 0 Å². The number of nitrogens with zero attached hydrogens (tertiary/aromatic N) is 2. The summed E-state index contributed by atoms with van der Waals surface area (Å²) in [5, 5.41) is -0.559. The second kappa shape index (κ2) is 9.18. The van der Waals surface area contributed by atoms with Crippen molar-refractivity contribution >= 4 is 33.2 Å². The maximum atomic E-state index is 13.1. The number of sulfonamides is 1. The number of halogens is 4. The minimum absolute atomic E-state index is 0.0507. The van der Waals surface area contributed by atoms with Crippen LogP contribution in [0.15, 0.2) is 53.4 Å². The molecule has 0 unspecified atom stereocenters. The first kappa shape index (κ1) is 23.6. The highest BCUT2D eigenvalue weighted by atomic mass is 35.5. The van der Waals surface area contributed by atoms with Gasteiger partial charge in [0.15, 0.2) is 0 Å². The van der Waals surface area contributed by atoms with E-state index in [4.69, 9.17) is 11.6 Å². The summed E-state index contributed by atoms with van der Waals surface area (Å²) in [7, 11) is -4.14. The first-order chi connectivity index (χ1) is 14.6. The standard InChI is InChI=1S/C21H22ClF3N2O3S/c1-2-27(16-6-4-3-5-7-16)20(28)15-10-12-26(13-11-15)31(29,30)17-8-9-19(22)18(14-17)21(23,24)25/h3-9,14-15H,2,10-13H2,1H3. The van der Waals surface area contributed by atoms with Crippen LogP contribution in [0.2, 0.25) is 5.02 Å². The zero-order chi connectivity index (χ0) is 22.8. The van der Waals surface area contributed by atoms with E-state index < -0.39 is 31.7 Å². The summed E-state index contributed by atoms with van der Waals surface area (Å²) in [6.45, 7) is 2.44. The average molecular weight is 475 g/mol. The van der Waals surface area contributed by atoms with Crippen molar-refractivity contribution in [3.05, 3.63) is 59.1 Å². The lowest BCUT2D eigenvalue weighted by Gasteiger charge is -2.33. The summed E-state index contributed by atoms with van der Waals surface area (Å²) in [4.78, 5) is 14.2. The van der Waals surface area contributed by atoms with E-state index in [9.17, 15) is 26.4 Å². The van der Waals surface area contributed by atoms with Gasteiger partial charge in [0.2, 0.25) is 15.9 Å². The largest absolute Gasteiger partial charge is 0.417 e. The lowest BCUT2D eigenvalue weighted by Crippen LogP contribution is -2.44. The van der Waals surface area contributed by atoms with E-state index in [1.807, 2.05) is 37.3 Å². The quantitative estimate of drug-likeness (QED) is 0.624. The monoisotopic (exact) mass is 474 g/mol. The predicted octanol–water partition coefficient (Wildman–Crippen LogP) is 4.81. The van der Waals surface area contributed by atoms with E-state index in [-0.39, 0.29) is 24.9 Å². The molecule has 1 amide bonds. The smallest absolute Gasteiger partial charge is 0.312 e. The van der Waals surface area contributed by atoms with Gasteiger partial charge in [-0.3, -0.25) is 4.79 Å². The Balaban J connectivity index is 1.74. The van der Waals surface area contributed by atoms with Crippen LogP contribution in [0.1, 0.15) is 25.3 Å². The van der Waals surface area contributed by atoms with E-state index in [1.54, 1.807) is 4.90 Å². The molecule has 0 atom stereocenters. The molecule has 2 aromatic carbocycles. The van der Waals surface area contributed by atoms with E-state index in [1.165, 1.54) is 0 Å². The van der Waals surface area contributed by atoms with Crippen molar-refractivity contribution in [2.75, 3.05) is 24.5 Å². The predicted molar refractivity (Wildman–Crippen MR) is 112 cm³/mol. The van der Waals surface area contributed by atoms with Gasteiger partial charge in [-0.1, -0.05) is 29.8 Å². The molecule has 0 saturated carbocycles. The SMILES string of the molecule is CCN(C(=O)C1CCN(S(=O)(=O)c2ccc(Cl)c(C(F)(F)F)c2)CC1)c1ccccc1. The van der Waals surface area contributed by atoms with Gasteiger partial charge in [-0.25, -0.2) is 8.42 Å². The number of amides is 1. The molecule has 1 fully saturated rings. The number of carbonyl (C=O) groups is 1. The number of alkyl halides is 3. The molecule has 1 heterocycles. The normalized spacial score (nSPS) is 16.3. The summed E-state index contributed by atoms with van der Waals surface area (Å²) in [6, 6.07) is 11.8. The van der Waals surface area contributed by atoms with Crippen molar-refractivity contribution < 1.29 is 26.4 Å². The number of hydrogen-bond donors (Lipinski definition) is 0. The zero-order valence-electron chi connectivity index (χ0n) is 16.8. The van der Waals surface area contributed by atoms with E-state index in [2.05, 4.69) is 0 Å². The number of carbonyl (C=O) groups excluding carboxylic acids is 1. The Labute approximate surface area is 184 Å². The van der Waals surface area contributed by atoms with Crippen LogP contribution in [0, 0.1) is 5.92 Å². The van der Waals surface area contributed by atoms with Crippen LogP contribution in [0.3, 0.4) is 0 Å².